The van der Waals surface area contributed by atoms with Crippen LogP contribution in [0, 0.1) is 0 Å². The monoisotopic (exact) mass is 273 g/mol. The van der Waals surface area contributed by atoms with E-state index >= 15 is 0 Å². The van der Waals surface area contributed by atoms with Crippen molar-refractivity contribution in [3.8, 4) is 5.75 Å². The lowest BCUT2D eigenvalue weighted by Crippen LogP contribution is -2.09. The first-order valence-corrected chi connectivity index (χ1v) is 6.27. The zero-order chi connectivity index (χ0) is 14.5. The lowest BCUT2D eigenvalue weighted by molar-refractivity contribution is 0.415. The lowest BCUT2D eigenvalue weighted by atomic mass is 10.2. The minimum Gasteiger partial charge on any atom is -0.490 e. The molecule has 0 bridgehead atoms. The number of anilines is 4. The van der Waals surface area contributed by atoms with Gasteiger partial charge in [0, 0.05) is 32.5 Å². The van der Waals surface area contributed by atoms with E-state index in [4.69, 9.17) is 4.74 Å². The Balaban J connectivity index is 2.32. The molecule has 106 valence electrons. The molecule has 1 aromatic carbocycles. The third-order valence-electron chi connectivity index (χ3n) is 2.87. The van der Waals surface area contributed by atoms with Gasteiger partial charge in [-0.2, -0.15) is 0 Å². The molecule has 0 aliphatic carbocycles. The van der Waals surface area contributed by atoms with E-state index < -0.39 is 0 Å². The van der Waals surface area contributed by atoms with Gasteiger partial charge in [0.25, 0.3) is 0 Å². The quantitative estimate of drug-likeness (QED) is 0.872. The molecule has 0 spiro atoms. The highest BCUT2D eigenvalue weighted by molar-refractivity contribution is 5.71. The number of methoxy groups -OCH3 is 1. The molecule has 0 unspecified atom stereocenters. The first-order chi connectivity index (χ1) is 9.65. The molecule has 0 atom stereocenters. The van der Waals surface area contributed by atoms with Gasteiger partial charge in [-0.05, 0) is 18.2 Å². The Bertz CT molecular complexity index is 586. The molecule has 0 fully saturated rings. The number of hydrogen-bond donors (Lipinski definition) is 2. The summed E-state index contributed by atoms with van der Waals surface area (Å²) in [6.07, 6.45) is 1.49. The van der Waals surface area contributed by atoms with Crippen molar-refractivity contribution in [2.45, 2.75) is 0 Å². The van der Waals surface area contributed by atoms with Gasteiger partial charge in [-0.15, -0.1) is 0 Å². The molecule has 1 aromatic heterocycles. The van der Waals surface area contributed by atoms with Crippen LogP contribution in [-0.4, -0.2) is 38.2 Å². The molecular weight excluding hydrogens is 254 g/mol. The van der Waals surface area contributed by atoms with Gasteiger partial charge in [0.15, 0.2) is 11.6 Å². The van der Waals surface area contributed by atoms with Crippen molar-refractivity contribution in [1.29, 1.82) is 0 Å². The highest BCUT2D eigenvalue weighted by Crippen LogP contribution is 2.31. The fourth-order valence-electron chi connectivity index (χ4n) is 1.83. The largest absolute Gasteiger partial charge is 0.490 e. The fourth-order valence-corrected chi connectivity index (χ4v) is 1.83. The second-order valence-electron chi connectivity index (χ2n) is 4.42. The minimum atomic E-state index is 0.588. The molecular formula is C14H19N5O. The maximum Gasteiger partial charge on any atom is 0.204 e. The summed E-state index contributed by atoms with van der Waals surface area (Å²) in [5, 5.41) is 6.23. The van der Waals surface area contributed by atoms with Crippen LogP contribution in [-0.2, 0) is 0 Å². The van der Waals surface area contributed by atoms with E-state index in [9.17, 15) is 0 Å². The zero-order valence-corrected chi connectivity index (χ0v) is 12.1. The van der Waals surface area contributed by atoms with Crippen molar-refractivity contribution in [2.24, 2.45) is 0 Å². The summed E-state index contributed by atoms with van der Waals surface area (Å²) < 4.78 is 5.36. The third-order valence-corrected chi connectivity index (χ3v) is 2.87. The van der Waals surface area contributed by atoms with Crippen LogP contribution in [0.1, 0.15) is 0 Å². The van der Waals surface area contributed by atoms with Gasteiger partial charge in [-0.1, -0.05) is 6.07 Å². The van der Waals surface area contributed by atoms with E-state index in [-0.39, 0.29) is 0 Å². The van der Waals surface area contributed by atoms with Crippen molar-refractivity contribution in [3.63, 3.8) is 0 Å². The normalized spacial score (nSPS) is 10.0. The molecule has 0 aliphatic heterocycles. The number of benzene rings is 1. The third kappa shape index (κ3) is 2.90. The Morgan fingerprint density at radius 2 is 1.90 bits per heavy atom. The molecule has 6 heteroatoms. The zero-order valence-electron chi connectivity index (χ0n) is 12.1. The highest BCUT2D eigenvalue weighted by Gasteiger charge is 2.11. The standard InChI is InChI=1S/C14H19N5O/c1-15-13-12(20-4)14(17-9-16-13)18-10-6-5-7-11(8-10)19(2)3/h5-9H,1-4H3,(H2,15,16,17,18). The summed E-state index contributed by atoms with van der Waals surface area (Å²) >= 11 is 0. The van der Waals surface area contributed by atoms with E-state index in [1.165, 1.54) is 6.33 Å². The molecule has 0 saturated carbocycles. The summed E-state index contributed by atoms with van der Waals surface area (Å²) in [7, 11) is 7.40. The van der Waals surface area contributed by atoms with Crippen LogP contribution in [0.2, 0.25) is 0 Å². The maximum atomic E-state index is 5.36. The molecule has 0 aliphatic rings. The first kappa shape index (κ1) is 13.9. The second kappa shape index (κ2) is 6.10. The van der Waals surface area contributed by atoms with Crippen LogP contribution in [0.15, 0.2) is 30.6 Å². The summed E-state index contributed by atoms with van der Waals surface area (Å²) in [4.78, 5) is 10.4. The van der Waals surface area contributed by atoms with Crippen LogP contribution in [0.25, 0.3) is 0 Å². The van der Waals surface area contributed by atoms with Crippen molar-refractivity contribution in [2.75, 3.05) is 43.8 Å². The van der Waals surface area contributed by atoms with E-state index in [0.29, 0.717) is 17.4 Å². The van der Waals surface area contributed by atoms with E-state index in [2.05, 4.69) is 20.6 Å². The average Bonchev–Trinajstić information content (AvgIpc) is 2.47. The van der Waals surface area contributed by atoms with Crippen LogP contribution < -0.4 is 20.3 Å². The number of nitrogens with one attached hydrogen (secondary N) is 2. The molecule has 2 aromatic rings. The van der Waals surface area contributed by atoms with Crippen LogP contribution in [0.5, 0.6) is 5.75 Å². The Kier molecular flexibility index (Phi) is 4.24. The predicted octanol–water partition coefficient (Wildman–Crippen LogP) is 2.34. The SMILES string of the molecule is CNc1ncnc(Nc2cccc(N(C)C)c2)c1OC. The molecule has 0 amide bonds. The number of nitrogens with zero attached hydrogens (tertiary/aromatic N) is 3. The first-order valence-electron chi connectivity index (χ1n) is 6.27. The van der Waals surface area contributed by atoms with Crippen LogP contribution in [0.3, 0.4) is 0 Å². The fraction of sp³-hybridized carbons (Fsp3) is 0.286. The van der Waals surface area contributed by atoms with E-state index in [1.807, 2.05) is 43.3 Å². The topological polar surface area (TPSA) is 62.3 Å². The molecule has 2 N–H and O–H groups in total. The van der Waals surface area contributed by atoms with Crippen LogP contribution >= 0.6 is 0 Å². The van der Waals surface area contributed by atoms with E-state index in [1.54, 1.807) is 14.2 Å². The molecule has 6 nitrogen and oxygen atoms in total. The summed E-state index contributed by atoms with van der Waals surface area (Å²) in [6, 6.07) is 8.06. The highest BCUT2D eigenvalue weighted by atomic mass is 16.5. The number of hydrogen-bond acceptors (Lipinski definition) is 6. The maximum absolute atomic E-state index is 5.36. The van der Waals surface area contributed by atoms with Crippen molar-refractivity contribution in [1.82, 2.24) is 9.97 Å². The lowest BCUT2D eigenvalue weighted by Gasteiger charge is -2.16. The number of rotatable bonds is 5. The van der Waals surface area contributed by atoms with Gasteiger partial charge >= 0.3 is 0 Å². The van der Waals surface area contributed by atoms with Gasteiger partial charge in [0.1, 0.15) is 6.33 Å². The molecule has 20 heavy (non-hydrogen) atoms. The van der Waals surface area contributed by atoms with Crippen molar-refractivity contribution < 1.29 is 4.74 Å². The Labute approximate surface area is 118 Å². The van der Waals surface area contributed by atoms with E-state index in [0.717, 1.165) is 11.4 Å². The molecule has 0 saturated heterocycles. The molecule has 1 heterocycles. The molecule has 2 rings (SSSR count). The average molecular weight is 273 g/mol. The van der Waals surface area contributed by atoms with Gasteiger partial charge in [-0.25, -0.2) is 9.97 Å². The summed E-state index contributed by atoms with van der Waals surface area (Å²) in [6.45, 7) is 0. The Morgan fingerprint density at radius 1 is 1.15 bits per heavy atom. The number of aromatic nitrogens is 2. The Hall–Kier alpha value is -2.50. The van der Waals surface area contributed by atoms with Gasteiger partial charge in [0.2, 0.25) is 5.75 Å². The van der Waals surface area contributed by atoms with Crippen LogP contribution in [0.4, 0.5) is 23.0 Å². The van der Waals surface area contributed by atoms with Crippen molar-refractivity contribution in [3.05, 3.63) is 30.6 Å². The van der Waals surface area contributed by atoms with Crippen molar-refractivity contribution >= 4 is 23.0 Å². The van der Waals surface area contributed by atoms with Gasteiger partial charge < -0.3 is 20.3 Å². The predicted molar refractivity (Wildman–Crippen MR) is 82.2 cm³/mol. The van der Waals surface area contributed by atoms with Gasteiger partial charge in [-0.3, -0.25) is 0 Å². The summed E-state index contributed by atoms with van der Waals surface area (Å²) in [5.74, 6) is 1.86. The minimum absolute atomic E-state index is 0.588. The van der Waals surface area contributed by atoms with Gasteiger partial charge in [0.05, 0.1) is 7.11 Å². The second-order valence-corrected chi connectivity index (χ2v) is 4.42. The number of ether oxygens (including phenoxy) is 1. The smallest absolute Gasteiger partial charge is 0.204 e. The summed E-state index contributed by atoms with van der Waals surface area (Å²) in [5.41, 5.74) is 2.05. The Morgan fingerprint density at radius 3 is 2.55 bits per heavy atom. The molecule has 0 radical (unpaired) electrons.